The van der Waals surface area contributed by atoms with Crippen molar-refractivity contribution in [3.05, 3.63) is 106 Å². The molecule has 0 bridgehead atoms. The number of imidazole rings is 1. The normalized spacial score (nSPS) is 14.9. The lowest BCUT2D eigenvalue weighted by Gasteiger charge is -2.21. The molecule has 0 amide bonds. The fourth-order valence-electron chi connectivity index (χ4n) is 4.35. The minimum Gasteiger partial charge on any atom is -0.381 e. The van der Waals surface area contributed by atoms with Crippen LogP contribution in [0.3, 0.4) is 0 Å². The van der Waals surface area contributed by atoms with E-state index in [9.17, 15) is 9.18 Å². The topological polar surface area (TPSA) is 48.5 Å². The van der Waals surface area contributed by atoms with E-state index in [-0.39, 0.29) is 17.3 Å². The first kappa shape index (κ1) is 19.7. The van der Waals surface area contributed by atoms with E-state index in [0.29, 0.717) is 31.7 Å². The predicted octanol–water partition coefficient (Wildman–Crippen LogP) is 4.17. The molecule has 0 aliphatic carbocycles. The smallest absolute Gasteiger partial charge is 0.277 e. The molecule has 158 valence electrons. The van der Waals surface area contributed by atoms with Crippen molar-refractivity contribution in [2.24, 2.45) is 0 Å². The van der Waals surface area contributed by atoms with Crippen LogP contribution < -0.4 is 5.56 Å². The van der Waals surface area contributed by atoms with E-state index in [1.807, 2.05) is 34.9 Å². The molecule has 1 fully saturated rings. The Morgan fingerprint density at radius 3 is 2.58 bits per heavy atom. The van der Waals surface area contributed by atoms with Crippen LogP contribution in [-0.4, -0.2) is 27.2 Å². The standard InChI is InChI=1S/C25H24FN3O2/c26-21-8-4-7-19(13-21)16-28-22(14-18-5-2-1-3-6-18)17-29-23(25(28)30)15-27-24(29)20-9-11-31-12-10-20/h1-8,13,15,17,20H,9-12,14,16H2. The molecule has 2 aromatic heterocycles. The van der Waals surface area contributed by atoms with Crippen LogP contribution in [0.25, 0.3) is 5.52 Å². The highest BCUT2D eigenvalue weighted by Gasteiger charge is 2.22. The van der Waals surface area contributed by atoms with Crippen molar-refractivity contribution in [2.45, 2.75) is 31.7 Å². The van der Waals surface area contributed by atoms with E-state index >= 15 is 0 Å². The Bertz CT molecular complexity index is 1260. The zero-order chi connectivity index (χ0) is 21.2. The summed E-state index contributed by atoms with van der Waals surface area (Å²) in [6.07, 6.45) is 6.11. The predicted molar refractivity (Wildman–Crippen MR) is 117 cm³/mol. The van der Waals surface area contributed by atoms with Gasteiger partial charge in [-0.15, -0.1) is 0 Å². The number of hydrogen-bond donors (Lipinski definition) is 0. The number of aromatic nitrogens is 3. The molecule has 1 aliphatic rings. The summed E-state index contributed by atoms with van der Waals surface area (Å²) in [6.45, 7) is 1.74. The second-order valence-corrected chi connectivity index (χ2v) is 8.06. The monoisotopic (exact) mass is 417 g/mol. The number of benzene rings is 2. The van der Waals surface area contributed by atoms with E-state index in [4.69, 9.17) is 4.74 Å². The van der Waals surface area contributed by atoms with Gasteiger partial charge in [-0.3, -0.25) is 9.20 Å². The molecule has 0 N–H and O–H groups in total. The Hall–Kier alpha value is -3.25. The van der Waals surface area contributed by atoms with E-state index in [1.165, 1.54) is 12.1 Å². The molecule has 0 radical (unpaired) electrons. The largest absolute Gasteiger partial charge is 0.381 e. The summed E-state index contributed by atoms with van der Waals surface area (Å²) in [4.78, 5) is 18.1. The molecule has 0 spiro atoms. The molecular weight excluding hydrogens is 393 g/mol. The highest BCUT2D eigenvalue weighted by molar-refractivity contribution is 5.46. The van der Waals surface area contributed by atoms with Gasteiger partial charge in [-0.1, -0.05) is 42.5 Å². The summed E-state index contributed by atoms with van der Waals surface area (Å²) in [7, 11) is 0. The van der Waals surface area contributed by atoms with Crippen LogP contribution >= 0.6 is 0 Å². The maximum atomic E-state index is 13.8. The molecular formula is C25H24FN3O2. The van der Waals surface area contributed by atoms with Crippen LogP contribution in [-0.2, 0) is 17.7 Å². The molecule has 6 heteroatoms. The minimum absolute atomic E-state index is 0.108. The zero-order valence-electron chi connectivity index (χ0n) is 17.2. The van der Waals surface area contributed by atoms with Gasteiger partial charge in [-0.25, -0.2) is 9.37 Å². The fourth-order valence-corrected chi connectivity index (χ4v) is 4.35. The Labute approximate surface area is 179 Å². The van der Waals surface area contributed by atoms with Gasteiger partial charge in [0.25, 0.3) is 5.56 Å². The van der Waals surface area contributed by atoms with Crippen molar-refractivity contribution in [2.75, 3.05) is 13.2 Å². The first-order chi connectivity index (χ1) is 15.2. The fraction of sp³-hybridized carbons (Fsp3) is 0.280. The highest BCUT2D eigenvalue weighted by Crippen LogP contribution is 2.26. The molecule has 5 nitrogen and oxygen atoms in total. The third-order valence-electron chi connectivity index (χ3n) is 5.96. The molecule has 2 aromatic carbocycles. The third kappa shape index (κ3) is 4.03. The average Bonchev–Trinajstić information content (AvgIpc) is 3.22. The van der Waals surface area contributed by atoms with Crippen LogP contribution in [0, 0.1) is 5.82 Å². The second-order valence-electron chi connectivity index (χ2n) is 8.06. The van der Waals surface area contributed by atoms with Gasteiger partial charge in [0.1, 0.15) is 17.2 Å². The van der Waals surface area contributed by atoms with Crippen molar-refractivity contribution in [3.63, 3.8) is 0 Å². The maximum absolute atomic E-state index is 13.8. The van der Waals surface area contributed by atoms with Crippen LogP contribution in [0.1, 0.15) is 41.4 Å². The number of fused-ring (bicyclic) bond motifs is 1. The Kier molecular flexibility index (Phi) is 5.38. The summed E-state index contributed by atoms with van der Waals surface area (Å²) in [5, 5.41) is 0. The number of hydrogen-bond acceptors (Lipinski definition) is 3. The summed E-state index contributed by atoms with van der Waals surface area (Å²) in [5.41, 5.74) is 3.18. The molecule has 3 heterocycles. The van der Waals surface area contributed by atoms with E-state index in [1.54, 1.807) is 16.8 Å². The Morgan fingerprint density at radius 1 is 1.03 bits per heavy atom. The lowest BCUT2D eigenvalue weighted by Crippen LogP contribution is -2.27. The van der Waals surface area contributed by atoms with Gasteiger partial charge in [-0.05, 0) is 36.1 Å². The van der Waals surface area contributed by atoms with Crippen molar-refractivity contribution < 1.29 is 9.13 Å². The SMILES string of the molecule is O=c1c2cnc(C3CCOCC3)n2cc(Cc2ccccc2)n1Cc1cccc(F)c1. The van der Waals surface area contributed by atoms with Crippen molar-refractivity contribution in [3.8, 4) is 0 Å². The van der Waals surface area contributed by atoms with Gasteiger partial charge in [0.15, 0.2) is 0 Å². The van der Waals surface area contributed by atoms with Gasteiger partial charge in [0.05, 0.1) is 12.7 Å². The third-order valence-corrected chi connectivity index (χ3v) is 5.96. The first-order valence-electron chi connectivity index (χ1n) is 10.6. The summed E-state index contributed by atoms with van der Waals surface area (Å²) in [6, 6.07) is 16.5. The van der Waals surface area contributed by atoms with Gasteiger partial charge in [0, 0.05) is 37.4 Å². The summed E-state index contributed by atoms with van der Waals surface area (Å²) < 4.78 is 23.0. The number of nitrogens with zero attached hydrogens (tertiary/aromatic N) is 3. The average molecular weight is 417 g/mol. The van der Waals surface area contributed by atoms with Gasteiger partial charge < -0.3 is 9.30 Å². The molecule has 31 heavy (non-hydrogen) atoms. The highest BCUT2D eigenvalue weighted by atomic mass is 19.1. The van der Waals surface area contributed by atoms with Crippen LogP contribution in [0.15, 0.2) is 71.8 Å². The lowest BCUT2D eigenvalue weighted by molar-refractivity contribution is 0.0835. The molecule has 0 atom stereocenters. The van der Waals surface area contributed by atoms with Crippen LogP contribution in [0.5, 0.6) is 0 Å². The van der Waals surface area contributed by atoms with Crippen LogP contribution in [0.4, 0.5) is 4.39 Å². The number of halogens is 1. The molecule has 5 rings (SSSR count). The van der Waals surface area contributed by atoms with Crippen molar-refractivity contribution in [1.29, 1.82) is 0 Å². The molecule has 1 aliphatic heterocycles. The van der Waals surface area contributed by atoms with Crippen molar-refractivity contribution >= 4 is 5.52 Å². The molecule has 4 aromatic rings. The Morgan fingerprint density at radius 2 is 1.81 bits per heavy atom. The molecule has 1 saturated heterocycles. The summed E-state index contributed by atoms with van der Waals surface area (Å²) in [5.74, 6) is 0.893. The van der Waals surface area contributed by atoms with Crippen molar-refractivity contribution in [1.82, 2.24) is 14.0 Å². The van der Waals surface area contributed by atoms with Gasteiger partial charge in [-0.2, -0.15) is 0 Å². The summed E-state index contributed by atoms with van der Waals surface area (Å²) >= 11 is 0. The van der Waals surface area contributed by atoms with Crippen LogP contribution in [0.2, 0.25) is 0 Å². The van der Waals surface area contributed by atoms with E-state index in [2.05, 4.69) is 17.1 Å². The molecule has 0 saturated carbocycles. The Balaban J connectivity index is 1.63. The molecule has 0 unspecified atom stereocenters. The van der Waals surface area contributed by atoms with E-state index in [0.717, 1.165) is 35.5 Å². The quantitative estimate of drug-likeness (QED) is 0.490. The van der Waals surface area contributed by atoms with E-state index < -0.39 is 0 Å². The van der Waals surface area contributed by atoms with Gasteiger partial charge >= 0.3 is 0 Å². The zero-order valence-corrected chi connectivity index (χ0v) is 17.2. The number of rotatable bonds is 5. The lowest BCUT2D eigenvalue weighted by atomic mass is 9.99. The maximum Gasteiger partial charge on any atom is 0.277 e. The minimum atomic E-state index is -0.303. The second kappa shape index (κ2) is 8.47. The number of ether oxygens (including phenoxy) is 1. The first-order valence-corrected chi connectivity index (χ1v) is 10.6. The van der Waals surface area contributed by atoms with Gasteiger partial charge in [0.2, 0.25) is 0 Å².